The predicted octanol–water partition coefficient (Wildman–Crippen LogP) is 4.66. The number of nitrogens with one attached hydrogen (secondary N) is 1. The van der Waals surface area contributed by atoms with E-state index in [-0.39, 0.29) is 23.8 Å². The van der Waals surface area contributed by atoms with E-state index in [0.717, 1.165) is 54.6 Å². The number of carbonyl (C=O) groups excluding carboxylic acids is 1. The number of rotatable bonds is 7. The molecule has 1 saturated heterocycles. The van der Waals surface area contributed by atoms with Gasteiger partial charge < -0.3 is 10.2 Å². The fourth-order valence-corrected chi connectivity index (χ4v) is 5.34. The molecule has 1 amide bonds. The van der Waals surface area contributed by atoms with Crippen molar-refractivity contribution in [3.05, 3.63) is 53.6 Å². The van der Waals surface area contributed by atoms with Crippen molar-refractivity contribution in [3.63, 3.8) is 0 Å². The maximum Gasteiger partial charge on any atom is 0.251 e. The van der Waals surface area contributed by atoms with Crippen LogP contribution in [0.5, 0.6) is 0 Å². The number of aromatic nitrogens is 1. The van der Waals surface area contributed by atoms with E-state index in [1.807, 2.05) is 24.3 Å². The van der Waals surface area contributed by atoms with Crippen LogP contribution in [0.15, 0.2) is 41.3 Å². The van der Waals surface area contributed by atoms with Gasteiger partial charge in [-0.25, -0.2) is 13.8 Å². The second-order valence-corrected chi connectivity index (χ2v) is 9.62. The first kappa shape index (κ1) is 24.7. The van der Waals surface area contributed by atoms with Crippen LogP contribution in [0.3, 0.4) is 0 Å². The highest BCUT2D eigenvalue weighted by atomic mass is 35.5. The van der Waals surface area contributed by atoms with Crippen LogP contribution in [0.2, 0.25) is 0 Å². The Morgan fingerprint density at radius 3 is 2.72 bits per heavy atom. The predicted molar refractivity (Wildman–Crippen MR) is 131 cm³/mol. The molecular formula is C22H25ClF2N4OS2. The number of nitrogens with zero attached hydrogens (tertiary/aromatic N) is 3. The Hall–Kier alpha value is -1.94. The van der Waals surface area contributed by atoms with Gasteiger partial charge in [-0.1, -0.05) is 24.3 Å². The molecule has 1 aliphatic rings. The summed E-state index contributed by atoms with van der Waals surface area (Å²) in [7, 11) is 0. The van der Waals surface area contributed by atoms with Gasteiger partial charge in [0.05, 0.1) is 4.70 Å². The van der Waals surface area contributed by atoms with Crippen molar-refractivity contribution in [2.24, 2.45) is 0 Å². The van der Waals surface area contributed by atoms with E-state index in [1.165, 1.54) is 17.4 Å². The van der Waals surface area contributed by atoms with Gasteiger partial charge in [0.2, 0.25) is 0 Å². The number of hydrogen-bond donors (Lipinski definition) is 1. The third-order valence-corrected chi connectivity index (χ3v) is 7.10. The third-order valence-electron chi connectivity index (χ3n) is 5.17. The Balaban J connectivity index is 0.00000289. The molecule has 5 nitrogen and oxygen atoms in total. The van der Waals surface area contributed by atoms with Crippen molar-refractivity contribution in [3.8, 4) is 0 Å². The number of thiazole rings is 1. The minimum atomic E-state index is -0.620. The summed E-state index contributed by atoms with van der Waals surface area (Å²) in [6.07, 6.45) is 0. The van der Waals surface area contributed by atoms with Crippen molar-refractivity contribution in [1.82, 2.24) is 15.2 Å². The quantitative estimate of drug-likeness (QED) is 0.480. The Morgan fingerprint density at radius 1 is 1.19 bits per heavy atom. The van der Waals surface area contributed by atoms with Gasteiger partial charge >= 0.3 is 0 Å². The molecule has 1 aromatic heterocycles. The molecule has 1 aliphatic heterocycles. The zero-order valence-corrected chi connectivity index (χ0v) is 20.1. The van der Waals surface area contributed by atoms with Gasteiger partial charge in [-0.3, -0.25) is 9.69 Å². The Labute approximate surface area is 200 Å². The first-order valence-electron chi connectivity index (χ1n) is 10.3. The lowest BCUT2D eigenvalue weighted by molar-refractivity contribution is 0.0947. The number of anilines is 1. The summed E-state index contributed by atoms with van der Waals surface area (Å²) >= 11 is 3.03. The number of halogens is 3. The highest BCUT2D eigenvalue weighted by molar-refractivity contribution is 7.99. The average molecular weight is 499 g/mol. The van der Waals surface area contributed by atoms with Crippen LogP contribution in [0.4, 0.5) is 13.9 Å². The number of amides is 1. The second kappa shape index (κ2) is 11.3. The van der Waals surface area contributed by atoms with Crippen molar-refractivity contribution in [2.45, 2.75) is 11.8 Å². The maximum atomic E-state index is 13.9. The summed E-state index contributed by atoms with van der Waals surface area (Å²) in [5, 5.41) is 3.72. The number of fused-ring (bicyclic) bond motifs is 1. The molecule has 0 unspecified atom stereocenters. The smallest absolute Gasteiger partial charge is 0.251 e. The molecule has 0 saturated carbocycles. The Bertz CT molecular complexity index is 1070. The van der Waals surface area contributed by atoms with E-state index >= 15 is 0 Å². The molecule has 0 atom stereocenters. The minimum absolute atomic E-state index is 0. The highest BCUT2D eigenvalue weighted by Gasteiger charge is 2.21. The number of piperazine rings is 1. The summed E-state index contributed by atoms with van der Waals surface area (Å²) in [5.41, 5.74) is 0.913. The molecule has 32 heavy (non-hydrogen) atoms. The van der Waals surface area contributed by atoms with Gasteiger partial charge in [0.25, 0.3) is 5.91 Å². The normalized spacial score (nSPS) is 14.4. The lowest BCUT2D eigenvalue weighted by Crippen LogP contribution is -2.48. The number of carbonyl (C=O) groups is 1. The SMILES string of the molecule is CCSc1cccc(C(=O)NCCN2CCN(c3nc4c(F)cc(F)cc4s3)CC2)c1.Cl. The van der Waals surface area contributed by atoms with E-state index in [4.69, 9.17) is 0 Å². The molecule has 1 fully saturated rings. The van der Waals surface area contributed by atoms with Crippen LogP contribution in [0.1, 0.15) is 17.3 Å². The summed E-state index contributed by atoms with van der Waals surface area (Å²) in [6, 6.07) is 9.89. The fraction of sp³-hybridized carbons (Fsp3) is 0.364. The molecule has 2 aromatic carbocycles. The fourth-order valence-electron chi connectivity index (χ4n) is 3.57. The Morgan fingerprint density at radius 2 is 1.97 bits per heavy atom. The van der Waals surface area contributed by atoms with Gasteiger partial charge in [-0.15, -0.1) is 24.2 Å². The number of thioether (sulfide) groups is 1. The van der Waals surface area contributed by atoms with Crippen LogP contribution in [0.25, 0.3) is 10.2 Å². The Kier molecular flexibility index (Phi) is 8.70. The topological polar surface area (TPSA) is 48.5 Å². The van der Waals surface area contributed by atoms with E-state index in [0.29, 0.717) is 16.8 Å². The van der Waals surface area contributed by atoms with Crippen molar-refractivity contribution in [1.29, 1.82) is 0 Å². The molecule has 1 N–H and O–H groups in total. The first-order chi connectivity index (χ1) is 15.0. The lowest BCUT2D eigenvalue weighted by atomic mass is 10.2. The van der Waals surface area contributed by atoms with Crippen LogP contribution >= 0.6 is 35.5 Å². The summed E-state index contributed by atoms with van der Waals surface area (Å²) in [4.78, 5) is 22.3. The van der Waals surface area contributed by atoms with Gasteiger partial charge in [-0.05, 0) is 30.0 Å². The van der Waals surface area contributed by atoms with E-state index in [1.54, 1.807) is 11.8 Å². The zero-order valence-electron chi connectivity index (χ0n) is 17.6. The average Bonchev–Trinajstić information content (AvgIpc) is 3.19. The summed E-state index contributed by atoms with van der Waals surface area (Å²) in [5.74, 6) is -0.283. The van der Waals surface area contributed by atoms with Crippen LogP contribution in [-0.2, 0) is 0 Å². The number of hydrogen-bond acceptors (Lipinski definition) is 6. The molecule has 2 heterocycles. The molecule has 10 heteroatoms. The minimum Gasteiger partial charge on any atom is -0.351 e. The molecule has 0 bridgehead atoms. The van der Waals surface area contributed by atoms with Gasteiger partial charge in [0.15, 0.2) is 10.9 Å². The van der Waals surface area contributed by atoms with Crippen molar-refractivity contribution < 1.29 is 13.6 Å². The third kappa shape index (κ3) is 5.89. The van der Waals surface area contributed by atoms with Gasteiger partial charge in [0, 0.05) is 55.8 Å². The summed E-state index contributed by atoms with van der Waals surface area (Å²) in [6.45, 7) is 6.60. The molecular weight excluding hydrogens is 474 g/mol. The van der Waals surface area contributed by atoms with Crippen LogP contribution in [-0.4, -0.2) is 60.8 Å². The van der Waals surface area contributed by atoms with E-state index in [2.05, 4.69) is 27.0 Å². The second-order valence-electron chi connectivity index (χ2n) is 7.28. The standard InChI is InChI=1S/C22H24F2N4OS2.ClH/c1-2-30-17-5-3-4-15(12-17)21(29)25-6-7-27-8-10-28(11-9-27)22-26-20-18(24)13-16(23)14-19(20)31-22;/h3-5,12-14H,2,6-11H2,1H3,(H,25,29);1H. The van der Waals surface area contributed by atoms with Crippen LogP contribution < -0.4 is 10.2 Å². The zero-order chi connectivity index (χ0) is 21.8. The lowest BCUT2D eigenvalue weighted by Gasteiger charge is -2.34. The molecule has 3 aromatic rings. The van der Waals surface area contributed by atoms with E-state index < -0.39 is 11.6 Å². The molecule has 0 radical (unpaired) electrons. The van der Waals surface area contributed by atoms with Gasteiger partial charge in [-0.2, -0.15) is 0 Å². The molecule has 4 rings (SSSR count). The van der Waals surface area contributed by atoms with Crippen molar-refractivity contribution in [2.75, 3.05) is 49.9 Å². The summed E-state index contributed by atoms with van der Waals surface area (Å²) < 4.78 is 27.9. The molecule has 172 valence electrons. The molecule has 0 aliphatic carbocycles. The highest BCUT2D eigenvalue weighted by Crippen LogP contribution is 2.31. The number of benzene rings is 2. The monoisotopic (exact) mass is 498 g/mol. The van der Waals surface area contributed by atoms with Crippen LogP contribution in [0, 0.1) is 11.6 Å². The molecule has 0 spiro atoms. The maximum absolute atomic E-state index is 13.9. The van der Waals surface area contributed by atoms with E-state index in [9.17, 15) is 13.6 Å². The van der Waals surface area contributed by atoms with Crippen molar-refractivity contribution >= 4 is 56.8 Å². The first-order valence-corrected chi connectivity index (χ1v) is 12.1. The largest absolute Gasteiger partial charge is 0.351 e. The van der Waals surface area contributed by atoms with Gasteiger partial charge in [0.1, 0.15) is 11.3 Å².